The Balaban J connectivity index is 1.71. The van der Waals surface area contributed by atoms with Gasteiger partial charge in [-0.25, -0.2) is 14.5 Å². The fraction of sp³-hybridized carbons (Fsp3) is 0.0417. The van der Waals surface area contributed by atoms with E-state index in [4.69, 9.17) is 14.7 Å². The summed E-state index contributed by atoms with van der Waals surface area (Å²) in [5.41, 5.74) is 3.17. The molecular weight excluding hydrogens is 394 g/mol. The van der Waals surface area contributed by atoms with Crippen molar-refractivity contribution in [1.82, 2.24) is 14.5 Å². The molecule has 30 heavy (non-hydrogen) atoms. The number of para-hydroxylation sites is 1. The van der Waals surface area contributed by atoms with Gasteiger partial charge in [0, 0.05) is 16.5 Å². The number of nitrogens with zero attached hydrogens (tertiary/aromatic N) is 3. The van der Waals surface area contributed by atoms with Crippen LogP contribution < -0.4 is 10.3 Å². The molecule has 0 bridgehead atoms. The molecule has 3 aromatic carbocycles. The third-order valence-electron chi connectivity index (χ3n) is 4.88. The first-order chi connectivity index (χ1) is 14.7. The molecule has 0 amide bonds. The lowest BCUT2D eigenvalue weighted by Crippen LogP contribution is -2.21. The predicted octanol–water partition coefficient (Wildman–Crippen LogP) is 5.18. The van der Waals surface area contributed by atoms with Gasteiger partial charge in [-0.1, -0.05) is 42.5 Å². The zero-order valence-corrected chi connectivity index (χ0v) is 17.0. The molecule has 6 heteroatoms. The van der Waals surface area contributed by atoms with E-state index < -0.39 is 0 Å². The molecule has 0 radical (unpaired) electrons. The van der Waals surface area contributed by atoms with Crippen molar-refractivity contribution >= 4 is 22.2 Å². The maximum atomic E-state index is 13.4. The van der Waals surface area contributed by atoms with Crippen molar-refractivity contribution in [1.29, 1.82) is 0 Å². The molecule has 146 valence electrons. The van der Waals surface area contributed by atoms with E-state index in [1.807, 2.05) is 78.2 Å². The molecule has 0 fully saturated rings. The summed E-state index contributed by atoms with van der Waals surface area (Å²) in [6.45, 7) is 0. The van der Waals surface area contributed by atoms with Crippen molar-refractivity contribution in [2.45, 2.75) is 0 Å². The normalized spacial score (nSPS) is 11.0. The van der Waals surface area contributed by atoms with Crippen LogP contribution in [0.2, 0.25) is 0 Å². The van der Waals surface area contributed by atoms with E-state index in [-0.39, 0.29) is 5.56 Å². The highest BCUT2D eigenvalue weighted by Crippen LogP contribution is 2.28. The number of benzene rings is 3. The SMILES string of the molecule is COc1ccc(-c2csc(-n3c(-c4ccccc4)nc4ccccc4c3=O)n2)cc1. The summed E-state index contributed by atoms with van der Waals surface area (Å²) in [6.07, 6.45) is 0. The predicted molar refractivity (Wildman–Crippen MR) is 120 cm³/mol. The molecule has 5 aromatic rings. The van der Waals surface area contributed by atoms with Crippen LogP contribution in [0.25, 0.3) is 38.7 Å². The monoisotopic (exact) mass is 411 g/mol. The van der Waals surface area contributed by atoms with Gasteiger partial charge in [-0.2, -0.15) is 0 Å². The molecule has 5 nitrogen and oxygen atoms in total. The molecule has 0 saturated carbocycles. The van der Waals surface area contributed by atoms with Gasteiger partial charge in [-0.05, 0) is 36.4 Å². The summed E-state index contributed by atoms with van der Waals surface area (Å²) in [5, 5.41) is 3.11. The lowest BCUT2D eigenvalue weighted by molar-refractivity contribution is 0.415. The quantitative estimate of drug-likeness (QED) is 0.409. The Morgan fingerprint density at radius 2 is 1.57 bits per heavy atom. The smallest absolute Gasteiger partial charge is 0.268 e. The third kappa shape index (κ3) is 3.17. The van der Waals surface area contributed by atoms with Crippen LogP contribution in [0.15, 0.2) is 89.0 Å². The van der Waals surface area contributed by atoms with Crippen LogP contribution in [0.4, 0.5) is 0 Å². The Morgan fingerprint density at radius 1 is 0.833 bits per heavy atom. The van der Waals surface area contributed by atoms with Crippen molar-refractivity contribution < 1.29 is 4.74 Å². The van der Waals surface area contributed by atoms with Crippen LogP contribution >= 0.6 is 11.3 Å². The van der Waals surface area contributed by atoms with Crippen LogP contribution in [-0.2, 0) is 0 Å². The van der Waals surface area contributed by atoms with Crippen LogP contribution in [0, 0.1) is 0 Å². The number of thiazole rings is 1. The molecule has 0 unspecified atom stereocenters. The second-order valence-corrected chi connectivity index (χ2v) is 7.54. The number of hydrogen-bond acceptors (Lipinski definition) is 5. The molecule has 2 heterocycles. The summed E-state index contributed by atoms with van der Waals surface area (Å²) in [4.78, 5) is 23.0. The molecular formula is C24H17N3O2S. The van der Waals surface area contributed by atoms with Gasteiger partial charge in [0.25, 0.3) is 5.56 Å². The first-order valence-electron chi connectivity index (χ1n) is 9.42. The lowest BCUT2D eigenvalue weighted by Gasteiger charge is -2.11. The van der Waals surface area contributed by atoms with Gasteiger partial charge in [0.1, 0.15) is 11.6 Å². The number of aromatic nitrogens is 3. The minimum absolute atomic E-state index is 0.130. The summed E-state index contributed by atoms with van der Waals surface area (Å²) in [5.74, 6) is 1.37. The van der Waals surface area contributed by atoms with E-state index in [1.54, 1.807) is 17.7 Å². The van der Waals surface area contributed by atoms with E-state index in [2.05, 4.69) is 0 Å². The first kappa shape index (κ1) is 18.3. The van der Waals surface area contributed by atoms with Gasteiger partial charge in [-0.15, -0.1) is 11.3 Å². The fourth-order valence-electron chi connectivity index (χ4n) is 3.35. The molecule has 0 spiro atoms. The molecule has 2 aromatic heterocycles. The Kier molecular flexibility index (Phi) is 4.61. The number of rotatable bonds is 4. The van der Waals surface area contributed by atoms with Crippen molar-refractivity contribution in [3.05, 3.63) is 94.6 Å². The summed E-state index contributed by atoms with van der Waals surface area (Å²) in [7, 11) is 1.64. The number of fused-ring (bicyclic) bond motifs is 1. The largest absolute Gasteiger partial charge is 0.497 e. The van der Waals surface area contributed by atoms with E-state index in [1.165, 1.54) is 11.3 Å². The Labute approximate surface area is 176 Å². The number of ether oxygens (including phenoxy) is 1. The molecule has 0 aliphatic heterocycles. The number of methoxy groups -OCH3 is 1. The molecule has 0 aliphatic rings. The standard InChI is InChI=1S/C24H17N3O2S/c1-29-18-13-11-16(12-14-18)21-15-30-24(26-21)27-22(17-7-3-2-4-8-17)25-20-10-6-5-9-19(20)23(27)28/h2-15H,1H3. The average molecular weight is 411 g/mol. The molecule has 0 N–H and O–H groups in total. The van der Waals surface area contributed by atoms with E-state index in [0.29, 0.717) is 21.9 Å². The molecule has 0 atom stereocenters. The van der Waals surface area contributed by atoms with Crippen molar-refractivity contribution in [2.24, 2.45) is 0 Å². The molecule has 0 aliphatic carbocycles. The minimum atomic E-state index is -0.130. The number of hydrogen-bond donors (Lipinski definition) is 0. The van der Waals surface area contributed by atoms with Gasteiger partial charge in [-0.3, -0.25) is 4.79 Å². The molecule has 5 rings (SSSR count). The zero-order chi connectivity index (χ0) is 20.5. The highest BCUT2D eigenvalue weighted by Gasteiger charge is 2.17. The maximum Gasteiger partial charge on any atom is 0.268 e. The maximum absolute atomic E-state index is 13.4. The van der Waals surface area contributed by atoms with Crippen LogP contribution in [0.1, 0.15) is 0 Å². The zero-order valence-electron chi connectivity index (χ0n) is 16.1. The fourth-order valence-corrected chi connectivity index (χ4v) is 4.18. The minimum Gasteiger partial charge on any atom is -0.497 e. The van der Waals surface area contributed by atoms with Crippen molar-refractivity contribution in [3.63, 3.8) is 0 Å². The lowest BCUT2D eigenvalue weighted by atomic mass is 10.2. The van der Waals surface area contributed by atoms with Gasteiger partial charge in [0.15, 0.2) is 5.13 Å². The topological polar surface area (TPSA) is 57.0 Å². The second kappa shape index (κ2) is 7.57. The van der Waals surface area contributed by atoms with E-state index in [9.17, 15) is 4.79 Å². The third-order valence-corrected chi connectivity index (χ3v) is 5.70. The highest BCUT2D eigenvalue weighted by molar-refractivity contribution is 7.12. The van der Waals surface area contributed by atoms with Crippen molar-refractivity contribution in [3.8, 4) is 33.5 Å². The second-order valence-electron chi connectivity index (χ2n) is 6.70. The summed E-state index contributed by atoms with van der Waals surface area (Å²) in [6, 6.07) is 24.8. The Morgan fingerprint density at radius 3 is 2.33 bits per heavy atom. The van der Waals surface area contributed by atoms with Gasteiger partial charge >= 0.3 is 0 Å². The summed E-state index contributed by atoms with van der Waals surface area (Å²) >= 11 is 1.42. The van der Waals surface area contributed by atoms with Crippen molar-refractivity contribution in [2.75, 3.05) is 7.11 Å². The van der Waals surface area contributed by atoms with Crippen LogP contribution in [0.3, 0.4) is 0 Å². The van der Waals surface area contributed by atoms with E-state index >= 15 is 0 Å². The van der Waals surface area contributed by atoms with Crippen LogP contribution in [0.5, 0.6) is 5.75 Å². The van der Waals surface area contributed by atoms with Gasteiger partial charge in [0.2, 0.25) is 0 Å². The summed E-state index contributed by atoms with van der Waals surface area (Å²) < 4.78 is 6.84. The molecule has 0 saturated heterocycles. The van der Waals surface area contributed by atoms with Crippen LogP contribution in [-0.4, -0.2) is 21.6 Å². The van der Waals surface area contributed by atoms with Gasteiger partial charge < -0.3 is 4.74 Å². The Hall–Kier alpha value is -3.77. The average Bonchev–Trinajstić information content (AvgIpc) is 3.29. The first-order valence-corrected chi connectivity index (χ1v) is 10.3. The van der Waals surface area contributed by atoms with Gasteiger partial charge in [0.05, 0.1) is 23.7 Å². The highest BCUT2D eigenvalue weighted by atomic mass is 32.1. The Bertz CT molecular complexity index is 1390. The van der Waals surface area contributed by atoms with E-state index in [0.717, 1.165) is 22.6 Å².